The number of carbonyl (C=O) groups excluding carboxylic acids is 2. The second-order valence-electron chi connectivity index (χ2n) is 11.9. The van der Waals surface area contributed by atoms with Crippen LogP contribution in [0.15, 0.2) is 65.1 Å². The van der Waals surface area contributed by atoms with Crippen LogP contribution in [0.3, 0.4) is 0 Å². The fraction of sp³-hybridized carbons (Fsp3) is 0.294. The summed E-state index contributed by atoms with van der Waals surface area (Å²) in [4.78, 5) is 31.2. The quantitative estimate of drug-likeness (QED) is 0.210. The summed E-state index contributed by atoms with van der Waals surface area (Å²) in [6, 6.07) is 16.0. The number of anilines is 1. The third kappa shape index (κ3) is 5.95. The van der Waals surface area contributed by atoms with Gasteiger partial charge in [-0.05, 0) is 43.5 Å². The number of aromatic amines is 1. The molecule has 0 aliphatic carbocycles. The first-order valence-electron chi connectivity index (χ1n) is 15.0. The number of piperidine rings is 1. The van der Waals surface area contributed by atoms with Gasteiger partial charge in [0.15, 0.2) is 0 Å². The number of nitrogens with zero attached hydrogens (tertiary/aromatic N) is 2. The number of nitrogens with one attached hydrogen (secondary N) is 2. The highest BCUT2D eigenvalue weighted by Crippen LogP contribution is 2.42. The van der Waals surface area contributed by atoms with E-state index < -0.39 is 27.7 Å². The summed E-state index contributed by atoms with van der Waals surface area (Å²) in [5.74, 6) is -0.871. The molecule has 2 aromatic heterocycles. The van der Waals surface area contributed by atoms with E-state index in [-0.39, 0.29) is 35.0 Å². The number of hydrogen-bond donors (Lipinski definition) is 2. The molecule has 2 N–H and O–H groups in total. The van der Waals surface area contributed by atoms with Gasteiger partial charge in [-0.1, -0.05) is 42.0 Å². The lowest BCUT2D eigenvalue weighted by atomic mass is 9.88. The third-order valence-electron chi connectivity index (χ3n) is 8.78. The van der Waals surface area contributed by atoms with Crippen molar-refractivity contribution < 1.29 is 35.6 Å². The number of amides is 2. The van der Waals surface area contributed by atoms with Crippen molar-refractivity contribution in [3.63, 3.8) is 0 Å². The molecule has 246 valence electrons. The monoisotopic (exact) mass is 666 g/mol. The van der Waals surface area contributed by atoms with Crippen LogP contribution in [0.5, 0.6) is 0 Å². The van der Waals surface area contributed by atoms with Gasteiger partial charge in [0.1, 0.15) is 17.0 Å². The first-order chi connectivity index (χ1) is 22.2. The van der Waals surface area contributed by atoms with E-state index in [0.717, 1.165) is 22.2 Å². The van der Waals surface area contributed by atoms with Crippen LogP contribution in [0.1, 0.15) is 56.3 Å². The predicted octanol–water partition coefficient (Wildman–Crippen LogP) is 6.68. The summed E-state index contributed by atoms with van der Waals surface area (Å²) in [7, 11) is -0.794. The largest absolute Gasteiger partial charge is 0.455 e. The molecule has 1 aliphatic heterocycles. The fourth-order valence-corrected chi connectivity index (χ4v) is 6.79. The SMILES string of the molecule is CNC(=O)c1c(-c2ccc(C)cc2)oc2cc(N(C)S(C)(=O)=O)c([C@@H]3CCCN(C(=O)c4cc5cccc(C(F)(F)F)c5[nH]4)C3)cc12. The summed E-state index contributed by atoms with van der Waals surface area (Å²) < 4.78 is 73.9. The average Bonchev–Trinajstić information content (AvgIpc) is 3.64. The summed E-state index contributed by atoms with van der Waals surface area (Å²) in [6.07, 6.45) is -2.35. The molecule has 1 saturated heterocycles. The number of H-pyrrole nitrogens is 1. The molecule has 5 aromatic rings. The molecule has 0 saturated carbocycles. The van der Waals surface area contributed by atoms with Crippen LogP contribution in [-0.2, 0) is 16.2 Å². The van der Waals surface area contributed by atoms with Crippen molar-refractivity contribution in [3.05, 3.63) is 88.6 Å². The Morgan fingerprint density at radius 3 is 2.47 bits per heavy atom. The maximum atomic E-state index is 13.7. The number of fused-ring (bicyclic) bond motifs is 2. The standard InChI is InChI=1S/C34H33F3N4O5S/c1-19-10-12-20(13-11-19)31-29(32(42)38-2)24-16-23(27(17-28(24)46-31)40(3)47(4,44)45)22-8-6-14-41(18-22)33(43)26-15-21-7-5-9-25(30(21)39-26)34(35,36)37/h5,7,9-13,15-17,22,39H,6,8,14,18H2,1-4H3,(H,38,42)/t22-/m1/s1. The number of likely N-dealkylation sites (tertiary alicyclic amines) is 1. The third-order valence-corrected chi connectivity index (χ3v) is 9.97. The van der Waals surface area contributed by atoms with E-state index in [1.807, 2.05) is 31.2 Å². The number of aromatic nitrogens is 1. The van der Waals surface area contributed by atoms with Crippen LogP contribution in [0.2, 0.25) is 0 Å². The molecular weight excluding hydrogens is 633 g/mol. The number of carbonyl (C=O) groups is 2. The van der Waals surface area contributed by atoms with E-state index in [1.54, 1.807) is 17.0 Å². The Hall–Kier alpha value is -4.78. The molecule has 3 heterocycles. The van der Waals surface area contributed by atoms with Gasteiger partial charge in [0.25, 0.3) is 11.8 Å². The normalized spacial score (nSPS) is 15.7. The van der Waals surface area contributed by atoms with Crippen molar-refractivity contribution in [1.82, 2.24) is 15.2 Å². The van der Waals surface area contributed by atoms with Crippen molar-refractivity contribution in [1.29, 1.82) is 0 Å². The van der Waals surface area contributed by atoms with Crippen LogP contribution >= 0.6 is 0 Å². The van der Waals surface area contributed by atoms with Crippen LogP contribution in [0.25, 0.3) is 33.2 Å². The highest BCUT2D eigenvalue weighted by atomic mass is 32.2. The van der Waals surface area contributed by atoms with Gasteiger partial charge in [-0.25, -0.2) is 8.42 Å². The number of alkyl halides is 3. The second kappa shape index (κ2) is 11.8. The minimum Gasteiger partial charge on any atom is -0.455 e. The van der Waals surface area contributed by atoms with Gasteiger partial charge < -0.3 is 19.6 Å². The molecule has 13 heteroatoms. The average molecular weight is 667 g/mol. The van der Waals surface area contributed by atoms with Crippen LogP contribution in [0.4, 0.5) is 18.9 Å². The second-order valence-corrected chi connectivity index (χ2v) is 13.9. The molecule has 47 heavy (non-hydrogen) atoms. The lowest BCUT2D eigenvalue weighted by Gasteiger charge is -2.34. The van der Waals surface area contributed by atoms with Crippen LogP contribution < -0.4 is 9.62 Å². The summed E-state index contributed by atoms with van der Waals surface area (Å²) in [5, 5.41) is 3.43. The molecular formula is C34H33F3N4O5S. The fourth-order valence-electron chi connectivity index (χ4n) is 6.28. The summed E-state index contributed by atoms with van der Waals surface area (Å²) in [6.45, 7) is 2.48. The Kier molecular flexibility index (Phi) is 8.07. The van der Waals surface area contributed by atoms with Gasteiger partial charge >= 0.3 is 6.18 Å². The Bertz CT molecular complexity index is 2130. The maximum Gasteiger partial charge on any atom is 0.418 e. The van der Waals surface area contributed by atoms with Gasteiger partial charge in [-0.2, -0.15) is 13.2 Å². The highest BCUT2D eigenvalue weighted by Gasteiger charge is 2.35. The Labute approximate surface area is 269 Å². The molecule has 6 rings (SSSR count). The molecule has 0 bridgehead atoms. The smallest absolute Gasteiger partial charge is 0.418 e. The van der Waals surface area contributed by atoms with E-state index in [4.69, 9.17) is 4.42 Å². The number of aryl methyl sites for hydroxylation is 1. The van der Waals surface area contributed by atoms with E-state index in [1.165, 1.54) is 32.3 Å². The number of hydrogen-bond acceptors (Lipinski definition) is 5. The highest BCUT2D eigenvalue weighted by molar-refractivity contribution is 7.92. The van der Waals surface area contributed by atoms with Crippen LogP contribution in [0, 0.1) is 6.92 Å². The van der Waals surface area contributed by atoms with E-state index in [9.17, 15) is 31.2 Å². The lowest BCUT2D eigenvalue weighted by Crippen LogP contribution is -2.39. The molecule has 1 aliphatic rings. The van der Waals surface area contributed by atoms with Crippen molar-refractivity contribution in [2.75, 3.05) is 37.7 Å². The molecule has 0 radical (unpaired) electrons. The van der Waals surface area contributed by atoms with E-state index in [0.29, 0.717) is 58.5 Å². The van der Waals surface area contributed by atoms with Gasteiger partial charge in [-0.3, -0.25) is 13.9 Å². The minimum absolute atomic E-state index is 0.0285. The first kappa shape index (κ1) is 32.2. The topological polar surface area (TPSA) is 116 Å². The number of para-hydroxylation sites is 1. The zero-order chi connectivity index (χ0) is 33.8. The number of furan rings is 1. The first-order valence-corrected chi connectivity index (χ1v) is 16.8. The zero-order valence-electron chi connectivity index (χ0n) is 26.2. The number of rotatable bonds is 6. The van der Waals surface area contributed by atoms with E-state index >= 15 is 0 Å². The molecule has 0 spiro atoms. The van der Waals surface area contributed by atoms with Crippen molar-refractivity contribution >= 4 is 49.4 Å². The summed E-state index contributed by atoms with van der Waals surface area (Å²) in [5.41, 5.74) is 2.25. The molecule has 2 amide bonds. The molecule has 9 nitrogen and oxygen atoms in total. The van der Waals surface area contributed by atoms with Gasteiger partial charge in [0.2, 0.25) is 10.0 Å². The number of sulfonamides is 1. The van der Waals surface area contributed by atoms with Gasteiger partial charge in [-0.15, -0.1) is 0 Å². The minimum atomic E-state index is -4.60. The van der Waals surface area contributed by atoms with Crippen molar-refractivity contribution in [2.45, 2.75) is 31.9 Å². The van der Waals surface area contributed by atoms with E-state index in [2.05, 4.69) is 10.3 Å². The molecule has 1 atom stereocenters. The maximum absolute atomic E-state index is 13.7. The lowest BCUT2D eigenvalue weighted by molar-refractivity contribution is -0.136. The number of halogens is 3. The predicted molar refractivity (Wildman–Crippen MR) is 174 cm³/mol. The van der Waals surface area contributed by atoms with Crippen molar-refractivity contribution in [3.8, 4) is 11.3 Å². The van der Waals surface area contributed by atoms with Gasteiger partial charge in [0.05, 0.1) is 28.6 Å². The van der Waals surface area contributed by atoms with Crippen LogP contribution in [-0.4, -0.2) is 63.6 Å². The van der Waals surface area contributed by atoms with Crippen molar-refractivity contribution in [2.24, 2.45) is 0 Å². The Morgan fingerprint density at radius 1 is 1.09 bits per heavy atom. The molecule has 1 fully saturated rings. The number of benzene rings is 3. The Morgan fingerprint density at radius 2 is 1.81 bits per heavy atom. The zero-order valence-corrected chi connectivity index (χ0v) is 27.0. The molecule has 0 unspecified atom stereocenters. The molecule has 3 aromatic carbocycles. The van der Waals surface area contributed by atoms with Gasteiger partial charge in [0, 0.05) is 55.5 Å². The Balaban J connectivity index is 1.44. The summed E-state index contributed by atoms with van der Waals surface area (Å²) >= 11 is 0.